The van der Waals surface area contributed by atoms with Crippen molar-refractivity contribution in [2.45, 2.75) is 10.3 Å². The van der Waals surface area contributed by atoms with E-state index < -0.39 is 21.1 Å². The van der Waals surface area contributed by atoms with Crippen LogP contribution in [0.15, 0.2) is 34.7 Å². The van der Waals surface area contributed by atoms with Crippen LogP contribution in [0.5, 0.6) is 0 Å². The Balaban J connectivity index is 2.04. The lowest BCUT2D eigenvalue weighted by atomic mass is 10.3. The quantitative estimate of drug-likeness (QED) is 0.519. The van der Waals surface area contributed by atoms with Crippen LogP contribution in [0.3, 0.4) is 0 Å². The normalized spacial score (nSPS) is 18.2. The number of hydrogen-bond donors (Lipinski definition) is 3. The Morgan fingerprint density at radius 2 is 2.20 bits per heavy atom. The van der Waals surface area contributed by atoms with Gasteiger partial charge in [-0.05, 0) is 12.1 Å². The van der Waals surface area contributed by atoms with Gasteiger partial charge >= 0.3 is 0 Å². The van der Waals surface area contributed by atoms with E-state index in [2.05, 4.69) is 10.3 Å². The maximum atomic E-state index is 13.1. The fraction of sp³-hybridized carbons (Fsp3) is 0.286. The number of carbonyl (C=O) groups is 1. The van der Waals surface area contributed by atoms with Gasteiger partial charge in [-0.1, -0.05) is 23.7 Å². The summed E-state index contributed by atoms with van der Waals surface area (Å²) in [5.41, 5.74) is 2.99. The van der Waals surface area contributed by atoms with Crippen LogP contribution < -0.4 is 15.7 Å². The van der Waals surface area contributed by atoms with Gasteiger partial charge < -0.3 is 10.2 Å². The molecule has 25 heavy (non-hydrogen) atoms. The lowest BCUT2D eigenvalue weighted by Gasteiger charge is -2.36. The topological polar surface area (TPSA) is 112 Å². The van der Waals surface area contributed by atoms with Crippen LogP contribution in [0.4, 0.5) is 5.82 Å². The van der Waals surface area contributed by atoms with E-state index in [4.69, 9.17) is 16.8 Å². The molecule has 0 aliphatic carbocycles. The van der Waals surface area contributed by atoms with Crippen molar-refractivity contribution in [1.29, 1.82) is 0 Å². The molecule has 3 rings (SSSR count). The first kappa shape index (κ1) is 18.1. The van der Waals surface area contributed by atoms with Crippen LogP contribution >= 0.6 is 22.9 Å². The SMILES string of the molecule is O=C(NO)c1scnc1N1CCNCC1S(=O)(=O)c1ccccc1Cl. The third-order valence-electron chi connectivity index (χ3n) is 3.83. The van der Waals surface area contributed by atoms with Crippen molar-refractivity contribution in [3.8, 4) is 0 Å². The number of nitrogens with one attached hydrogen (secondary N) is 2. The average molecular weight is 403 g/mol. The summed E-state index contributed by atoms with van der Waals surface area (Å²) in [7, 11) is -3.82. The van der Waals surface area contributed by atoms with Crippen molar-refractivity contribution in [3.05, 3.63) is 39.7 Å². The second-order valence-electron chi connectivity index (χ2n) is 5.27. The zero-order valence-corrected chi connectivity index (χ0v) is 15.2. The van der Waals surface area contributed by atoms with Crippen molar-refractivity contribution in [1.82, 2.24) is 15.8 Å². The third kappa shape index (κ3) is 3.35. The predicted octanol–water partition coefficient (Wildman–Crippen LogP) is 1.13. The highest BCUT2D eigenvalue weighted by molar-refractivity contribution is 7.92. The molecule has 0 bridgehead atoms. The van der Waals surface area contributed by atoms with Crippen LogP contribution in [-0.2, 0) is 9.84 Å². The van der Waals surface area contributed by atoms with Crippen LogP contribution in [0.25, 0.3) is 0 Å². The first-order chi connectivity index (χ1) is 12.0. The van der Waals surface area contributed by atoms with Crippen molar-refractivity contribution in [3.63, 3.8) is 0 Å². The number of benzene rings is 1. The number of thiazole rings is 1. The number of rotatable bonds is 4. The van der Waals surface area contributed by atoms with E-state index in [1.54, 1.807) is 22.5 Å². The Kier molecular flexibility index (Phi) is 5.25. The maximum Gasteiger partial charge on any atom is 0.288 e. The van der Waals surface area contributed by atoms with Gasteiger partial charge in [0.15, 0.2) is 5.82 Å². The summed E-state index contributed by atoms with van der Waals surface area (Å²) in [6.07, 6.45) is 0. The minimum absolute atomic E-state index is 0.0266. The largest absolute Gasteiger partial charge is 0.336 e. The molecule has 1 fully saturated rings. The number of halogens is 1. The van der Waals surface area contributed by atoms with Crippen LogP contribution in [0.1, 0.15) is 9.67 Å². The molecule has 0 radical (unpaired) electrons. The monoisotopic (exact) mass is 402 g/mol. The second-order valence-corrected chi connectivity index (χ2v) is 8.61. The lowest BCUT2D eigenvalue weighted by Crippen LogP contribution is -2.55. The van der Waals surface area contributed by atoms with Gasteiger partial charge in [0.1, 0.15) is 10.3 Å². The number of piperazine rings is 1. The zero-order valence-electron chi connectivity index (χ0n) is 12.8. The minimum Gasteiger partial charge on any atom is -0.336 e. The van der Waals surface area contributed by atoms with Crippen LogP contribution in [0.2, 0.25) is 5.02 Å². The Labute approximate surface area is 153 Å². The number of anilines is 1. The van der Waals surface area contributed by atoms with E-state index in [0.717, 1.165) is 11.3 Å². The summed E-state index contributed by atoms with van der Waals surface area (Å²) in [6.45, 7) is 1.03. The van der Waals surface area contributed by atoms with Gasteiger partial charge in [-0.3, -0.25) is 10.0 Å². The van der Waals surface area contributed by atoms with Crippen molar-refractivity contribution >= 4 is 44.5 Å². The first-order valence-electron chi connectivity index (χ1n) is 7.30. The average Bonchev–Trinajstić information content (AvgIpc) is 3.11. The van der Waals surface area contributed by atoms with Gasteiger partial charge in [0, 0.05) is 19.6 Å². The molecule has 1 aliphatic heterocycles. The molecule has 1 aromatic carbocycles. The Morgan fingerprint density at radius 1 is 1.44 bits per heavy atom. The summed E-state index contributed by atoms with van der Waals surface area (Å²) in [4.78, 5) is 17.7. The summed E-state index contributed by atoms with van der Waals surface area (Å²) in [6, 6.07) is 6.23. The molecule has 0 spiro atoms. The fourth-order valence-electron chi connectivity index (χ4n) is 2.67. The number of sulfone groups is 1. The Bertz CT molecular complexity index is 886. The summed E-state index contributed by atoms with van der Waals surface area (Å²) < 4.78 is 26.2. The van der Waals surface area contributed by atoms with E-state index >= 15 is 0 Å². The zero-order chi connectivity index (χ0) is 18.0. The molecule has 1 saturated heterocycles. The summed E-state index contributed by atoms with van der Waals surface area (Å²) in [5, 5.41) is 11.1. The molecule has 2 heterocycles. The Hall–Kier alpha value is -1.72. The minimum atomic E-state index is -3.82. The standard InChI is InChI=1S/C14H15ClN4O4S2/c15-9-3-1-2-4-10(9)25(22,23)11-7-16-5-6-19(11)13-12(14(20)18-21)24-8-17-13/h1-4,8,11,16,21H,5-7H2,(H,18,20). The highest BCUT2D eigenvalue weighted by Gasteiger charge is 2.38. The number of aromatic nitrogens is 1. The Morgan fingerprint density at radius 3 is 2.92 bits per heavy atom. The molecular formula is C14H15ClN4O4S2. The lowest BCUT2D eigenvalue weighted by molar-refractivity contribution is 0.0711. The number of amides is 1. The molecule has 8 nitrogen and oxygen atoms in total. The fourth-order valence-corrected chi connectivity index (χ4v) is 5.59. The van der Waals surface area contributed by atoms with Gasteiger partial charge in [0.25, 0.3) is 5.91 Å². The molecular weight excluding hydrogens is 388 g/mol. The van der Waals surface area contributed by atoms with Crippen molar-refractivity contribution in [2.24, 2.45) is 0 Å². The van der Waals surface area contributed by atoms with Gasteiger partial charge in [0.05, 0.1) is 15.4 Å². The maximum absolute atomic E-state index is 13.1. The van der Waals surface area contributed by atoms with Gasteiger partial charge in [-0.15, -0.1) is 11.3 Å². The van der Waals surface area contributed by atoms with Gasteiger partial charge in [0.2, 0.25) is 9.84 Å². The molecule has 1 amide bonds. The van der Waals surface area contributed by atoms with E-state index in [1.165, 1.54) is 17.6 Å². The van der Waals surface area contributed by atoms with Crippen LogP contribution in [0, 0.1) is 0 Å². The third-order valence-corrected chi connectivity index (χ3v) is 7.19. The number of nitrogens with zero attached hydrogens (tertiary/aromatic N) is 2. The van der Waals surface area contributed by atoms with E-state index in [1.807, 2.05) is 0 Å². The molecule has 1 atom stereocenters. The smallest absolute Gasteiger partial charge is 0.288 e. The van der Waals surface area contributed by atoms with Crippen molar-refractivity contribution < 1.29 is 18.4 Å². The van der Waals surface area contributed by atoms with E-state index in [-0.39, 0.29) is 27.2 Å². The molecule has 134 valence electrons. The van der Waals surface area contributed by atoms with Gasteiger partial charge in [-0.25, -0.2) is 18.9 Å². The van der Waals surface area contributed by atoms with E-state index in [0.29, 0.717) is 13.1 Å². The molecule has 2 aromatic rings. The first-order valence-corrected chi connectivity index (χ1v) is 10.1. The highest BCUT2D eigenvalue weighted by Crippen LogP contribution is 2.31. The number of carbonyl (C=O) groups excluding carboxylic acids is 1. The summed E-state index contributed by atoms with van der Waals surface area (Å²) in [5.74, 6) is -0.511. The predicted molar refractivity (Wildman–Crippen MR) is 94.0 cm³/mol. The molecule has 0 saturated carbocycles. The number of hydrogen-bond acceptors (Lipinski definition) is 8. The molecule has 3 N–H and O–H groups in total. The van der Waals surface area contributed by atoms with E-state index in [9.17, 15) is 13.2 Å². The second kappa shape index (κ2) is 7.26. The van der Waals surface area contributed by atoms with Crippen molar-refractivity contribution in [2.75, 3.05) is 24.5 Å². The number of hydroxylamine groups is 1. The molecule has 1 aromatic heterocycles. The molecule has 11 heteroatoms. The molecule has 1 aliphatic rings. The molecule has 1 unspecified atom stereocenters. The van der Waals surface area contributed by atoms with Crippen LogP contribution in [-0.4, -0.2) is 49.5 Å². The highest BCUT2D eigenvalue weighted by atomic mass is 35.5. The summed E-state index contributed by atoms with van der Waals surface area (Å²) >= 11 is 7.10. The van der Waals surface area contributed by atoms with Gasteiger partial charge in [-0.2, -0.15) is 0 Å².